The van der Waals surface area contributed by atoms with E-state index < -0.39 is 10.8 Å². The summed E-state index contributed by atoms with van der Waals surface area (Å²) in [5.74, 6) is 7.04. The van der Waals surface area contributed by atoms with Crippen molar-refractivity contribution in [3.05, 3.63) is 30.3 Å². The summed E-state index contributed by atoms with van der Waals surface area (Å²) in [5, 5.41) is 3.04. The Morgan fingerprint density at radius 3 is 2.71 bits per heavy atom. The van der Waals surface area contributed by atoms with Crippen LogP contribution in [-0.2, 0) is 10.8 Å². The lowest BCUT2D eigenvalue weighted by atomic mass is 10.3. The van der Waals surface area contributed by atoms with Crippen molar-refractivity contribution in [2.24, 2.45) is 10.8 Å². The SMILES string of the molecule is CCS(=O)CCN=C(NN)Nc1ccccc1. The largest absolute Gasteiger partial charge is 0.325 e. The van der Waals surface area contributed by atoms with Crippen LogP contribution in [0.25, 0.3) is 0 Å². The summed E-state index contributed by atoms with van der Waals surface area (Å²) >= 11 is 0. The average molecular weight is 254 g/mol. The third kappa shape index (κ3) is 5.46. The van der Waals surface area contributed by atoms with Gasteiger partial charge in [0, 0.05) is 28.0 Å². The number of hydrogen-bond acceptors (Lipinski definition) is 3. The van der Waals surface area contributed by atoms with Crippen LogP contribution in [0.1, 0.15) is 6.92 Å². The van der Waals surface area contributed by atoms with E-state index in [-0.39, 0.29) is 0 Å². The lowest BCUT2D eigenvalue weighted by molar-refractivity contribution is 0.683. The summed E-state index contributed by atoms with van der Waals surface area (Å²) in [5.41, 5.74) is 3.39. The highest BCUT2D eigenvalue weighted by atomic mass is 32.2. The van der Waals surface area contributed by atoms with E-state index in [1.54, 1.807) is 0 Å². The van der Waals surface area contributed by atoms with Gasteiger partial charge in [0.2, 0.25) is 5.96 Å². The second-order valence-corrected chi connectivity index (χ2v) is 5.16. The van der Waals surface area contributed by atoms with Gasteiger partial charge < -0.3 is 5.32 Å². The molecule has 0 aliphatic heterocycles. The van der Waals surface area contributed by atoms with E-state index in [9.17, 15) is 4.21 Å². The Hall–Kier alpha value is -1.40. The molecule has 1 aromatic carbocycles. The second-order valence-electron chi connectivity index (χ2n) is 3.30. The summed E-state index contributed by atoms with van der Waals surface area (Å²) in [6, 6.07) is 9.60. The van der Waals surface area contributed by atoms with Gasteiger partial charge in [0.25, 0.3) is 0 Å². The summed E-state index contributed by atoms with van der Waals surface area (Å²) in [6.07, 6.45) is 0. The molecule has 0 spiro atoms. The van der Waals surface area contributed by atoms with Crippen LogP contribution in [0.3, 0.4) is 0 Å². The minimum atomic E-state index is -0.795. The van der Waals surface area contributed by atoms with E-state index in [4.69, 9.17) is 5.84 Å². The molecule has 17 heavy (non-hydrogen) atoms. The molecule has 0 saturated carbocycles. The Morgan fingerprint density at radius 2 is 2.12 bits per heavy atom. The first kappa shape index (κ1) is 13.7. The maximum Gasteiger partial charge on any atom is 0.210 e. The van der Waals surface area contributed by atoms with Gasteiger partial charge in [-0.05, 0) is 12.1 Å². The molecular formula is C11H18N4OS. The molecule has 0 fully saturated rings. The van der Waals surface area contributed by atoms with Gasteiger partial charge in [-0.2, -0.15) is 0 Å². The molecule has 0 aliphatic rings. The number of hydrogen-bond donors (Lipinski definition) is 3. The van der Waals surface area contributed by atoms with E-state index in [1.165, 1.54) is 0 Å². The molecule has 1 aromatic rings. The Bertz CT molecular complexity index is 380. The summed E-state index contributed by atoms with van der Waals surface area (Å²) < 4.78 is 11.2. The zero-order valence-electron chi connectivity index (χ0n) is 9.85. The van der Waals surface area contributed by atoms with Gasteiger partial charge in [0.15, 0.2) is 0 Å². The maximum atomic E-state index is 11.2. The number of hydrazine groups is 1. The number of benzene rings is 1. The first-order chi connectivity index (χ1) is 8.26. The topological polar surface area (TPSA) is 79.5 Å². The van der Waals surface area contributed by atoms with Crippen molar-refractivity contribution < 1.29 is 4.21 Å². The molecule has 94 valence electrons. The highest BCUT2D eigenvalue weighted by Gasteiger charge is 1.98. The Morgan fingerprint density at radius 1 is 1.41 bits per heavy atom. The van der Waals surface area contributed by atoms with Crippen LogP contribution in [-0.4, -0.2) is 28.2 Å². The molecule has 0 saturated heterocycles. The number of nitrogens with zero attached hydrogens (tertiary/aromatic N) is 1. The predicted octanol–water partition coefficient (Wildman–Crippen LogP) is 0.686. The Balaban J connectivity index is 2.48. The smallest absolute Gasteiger partial charge is 0.210 e. The quantitative estimate of drug-likeness (QED) is 0.312. The van der Waals surface area contributed by atoms with Gasteiger partial charge in [-0.25, -0.2) is 5.84 Å². The van der Waals surface area contributed by atoms with Crippen LogP contribution in [0.4, 0.5) is 5.69 Å². The number of nitrogens with one attached hydrogen (secondary N) is 2. The minimum Gasteiger partial charge on any atom is -0.325 e. The van der Waals surface area contributed by atoms with Gasteiger partial charge in [-0.1, -0.05) is 25.1 Å². The lowest BCUT2D eigenvalue weighted by Crippen LogP contribution is -2.36. The second kappa shape index (κ2) is 7.81. The molecule has 0 amide bonds. The van der Waals surface area contributed by atoms with E-state index in [0.29, 0.717) is 24.0 Å². The van der Waals surface area contributed by atoms with Gasteiger partial charge >= 0.3 is 0 Å². The van der Waals surface area contributed by atoms with E-state index in [2.05, 4.69) is 15.7 Å². The first-order valence-corrected chi connectivity index (χ1v) is 6.93. The van der Waals surface area contributed by atoms with Crippen molar-refractivity contribution in [3.8, 4) is 0 Å². The number of anilines is 1. The number of aliphatic imine (C=N–C) groups is 1. The highest BCUT2D eigenvalue weighted by Crippen LogP contribution is 2.03. The fourth-order valence-corrected chi connectivity index (χ4v) is 1.77. The van der Waals surface area contributed by atoms with Gasteiger partial charge in [0.05, 0.1) is 6.54 Å². The third-order valence-electron chi connectivity index (χ3n) is 2.08. The molecule has 6 heteroatoms. The maximum absolute atomic E-state index is 11.2. The van der Waals surface area contributed by atoms with E-state index in [0.717, 1.165) is 5.69 Å². The molecule has 5 nitrogen and oxygen atoms in total. The van der Waals surface area contributed by atoms with Gasteiger partial charge in [-0.15, -0.1) is 0 Å². The van der Waals surface area contributed by atoms with E-state index >= 15 is 0 Å². The van der Waals surface area contributed by atoms with Crippen LogP contribution >= 0.6 is 0 Å². The summed E-state index contributed by atoms with van der Waals surface area (Å²) in [7, 11) is -0.795. The zero-order chi connectivity index (χ0) is 12.5. The normalized spacial score (nSPS) is 13.2. The number of para-hydroxylation sites is 1. The highest BCUT2D eigenvalue weighted by molar-refractivity contribution is 7.84. The molecule has 0 bridgehead atoms. The lowest BCUT2D eigenvalue weighted by Gasteiger charge is -2.08. The number of nitrogens with two attached hydrogens (primary N) is 1. The van der Waals surface area contributed by atoms with Crippen molar-refractivity contribution in [2.45, 2.75) is 6.92 Å². The molecule has 1 rings (SSSR count). The first-order valence-electron chi connectivity index (χ1n) is 5.44. The monoisotopic (exact) mass is 254 g/mol. The summed E-state index contributed by atoms with van der Waals surface area (Å²) in [6.45, 7) is 2.38. The van der Waals surface area contributed by atoms with Crippen LogP contribution in [0.2, 0.25) is 0 Å². The predicted molar refractivity (Wildman–Crippen MR) is 73.2 cm³/mol. The standard InChI is InChI=1S/C11H18N4OS/c1-2-17(16)9-8-13-11(15-12)14-10-6-4-3-5-7-10/h3-7H,2,8-9,12H2,1H3,(H2,13,14,15). The van der Waals surface area contributed by atoms with Crippen molar-refractivity contribution in [1.29, 1.82) is 0 Å². The average Bonchev–Trinajstić information content (AvgIpc) is 2.38. The molecule has 1 atom stereocenters. The third-order valence-corrected chi connectivity index (χ3v) is 3.37. The minimum absolute atomic E-state index is 0.476. The molecule has 0 aromatic heterocycles. The number of rotatable bonds is 5. The van der Waals surface area contributed by atoms with Crippen molar-refractivity contribution in [1.82, 2.24) is 5.43 Å². The fourth-order valence-electron chi connectivity index (χ4n) is 1.18. The fraction of sp³-hybridized carbons (Fsp3) is 0.364. The van der Waals surface area contributed by atoms with Crippen LogP contribution in [0.5, 0.6) is 0 Å². The number of guanidine groups is 1. The van der Waals surface area contributed by atoms with E-state index in [1.807, 2.05) is 37.3 Å². The zero-order valence-corrected chi connectivity index (χ0v) is 10.7. The molecule has 0 aliphatic carbocycles. The Labute approximate surface area is 104 Å². The molecule has 0 heterocycles. The van der Waals surface area contributed by atoms with Crippen LogP contribution in [0, 0.1) is 0 Å². The molecule has 0 radical (unpaired) electrons. The van der Waals surface area contributed by atoms with Crippen LogP contribution < -0.4 is 16.6 Å². The molecule has 1 unspecified atom stereocenters. The Kier molecular flexibility index (Phi) is 6.27. The van der Waals surface area contributed by atoms with Crippen molar-refractivity contribution in [3.63, 3.8) is 0 Å². The summed E-state index contributed by atoms with van der Waals surface area (Å²) in [4.78, 5) is 4.20. The van der Waals surface area contributed by atoms with Crippen molar-refractivity contribution >= 4 is 22.4 Å². The van der Waals surface area contributed by atoms with Gasteiger partial charge in [0.1, 0.15) is 0 Å². The van der Waals surface area contributed by atoms with Crippen LogP contribution in [0.15, 0.2) is 35.3 Å². The van der Waals surface area contributed by atoms with Crippen molar-refractivity contribution in [2.75, 3.05) is 23.4 Å². The molecule has 4 N–H and O–H groups in total. The molecular weight excluding hydrogens is 236 g/mol. The van der Waals surface area contributed by atoms with Gasteiger partial charge in [-0.3, -0.25) is 14.6 Å².